The number of pyridine rings is 2. The van der Waals surface area contributed by atoms with Crippen molar-refractivity contribution in [2.45, 2.75) is 83.6 Å². The average Bonchev–Trinajstić information content (AvgIpc) is 3.73. The lowest BCUT2D eigenvalue weighted by Crippen LogP contribution is -2.53. The average molecular weight is 868 g/mol. The molecule has 1 aromatic carbocycles. The minimum Gasteiger partial charge on any atom is -0.357 e. The van der Waals surface area contributed by atoms with Gasteiger partial charge < -0.3 is 14.7 Å². The van der Waals surface area contributed by atoms with Crippen LogP contribution in [0.1, 0.15) is 89.2 Å². The largest absolute Gasteiger partial charge is 0.357 e. The molecule has 17 heteroatoms. The van der Waals surface area contributed by atoms with Crippen molar-refractivity contribution in [1.82, 2.24) is 34.9 Å². The van der Waals surface area contributed by atoms with Crippen molar-refractivity contribution in [2.24, 2.45) is 11.3 Å². The summed E-state index contributed by atoms with van der Waals surface area (Å²) in [5.74, 6) is -0.731. The lowest BCUT2D eigenvalue weighted by atomic mass is 9.78. The summed E-state index contributed by atoms with van der Waals surface area (Å²) < 4.78 is 45.4. The molecule has 2 N–H and O–H groups in total. The van der Waals surface area contributed by atoms with Crippen LogP contribution in [0.2, 0.25) is 0 Å². The summed E-state index contributed by atoms with van der Waals surface area (Å²) >= 11 is 0. The van der Waals surface area contributed by atoms with E-state index >= 15 is 4.39 Å². The lowest BCUT2D eigenvalue weighted by molar-refractivity contribution is -0.149. The molecule has 4 saturated heterocycles. The summed E-state index contributed by atoms with van der Waals surface area (Å²) in [6.07, 6.45) is 11.9. The lowest BCUT2D eigenvalue weighted by Gasteiger charge is -2.44. The predicted octanol–water partition coefficient (Wildman–Crippen LogP) is 5.53. The molecule has 3 aromatic heterocycles. The number of likely N-dealkylation sites (tertiary alicyclic amines) is 2. The van der Waals surface area contributed by atoms with E-state index in [0.717, 1.165) is 16.9 Å². The van der Waals surface area contributed by atoms with Gasteiger partial charge >= 0.3 is 0 Å². The number of amides is 4. The van der Waals surface area contributed by atoms with Gasteiger partial charge in [0.1, 0.15) is 11.5 Å². The molecule has 4 amide bonds. The Labute approximate surface area is 361 Å². The Morgan fingerprint density at radius 1 is 0.903 bits per heavy atom. The highest BCUT2D eigenvalue weighted by Gasteiger charge is 2.43. The molecule has 7 heterocycles. The van der Waals surface area contributed by atoms with Gasteiger partial charge in [-0.15, -0.1) is 0 Å². The number of rotatable bonds is 11. The molecule has 15 nitrogen and oxygen atoms in total. The van der Waals surface area contributed by atoms with Crippen LogP contribution < -0.4 is 14.9 Å². The van der Waals surface area contributed by atoms with Crippen LogP contribution in [0.5, 0.6) is 0 Å². The minimum absolute atomic E-state index is 0.0469. The molecule has 328 valence electrons. The molecule has 0 bridgehead atoms. The van der Waals surface area contributed by atoms with Gasteiger partial charge in [-0.1, -0.05) is 32.0 Å². The van der Waals surface area contributed by atoms with Crippen LogP contribution in [0.15, 0.2) is 67.3 Å². The molecule has 8 rings (SSSR count). The van der Waals surface area contributed by atoms with E-state index in [2.05, 4.69) is 24.9 Å². The summed E-state index contributed by atoms with van der Waals surface area (Å²) in [4.78, 5) is 66.5. The zero-order valence-electron chi connectivity index (χ0n) is 35.3. The first kappa shape index (κ1) is 43.0. The maximum absolute atomic E-state index is 16.1. The number of carbonyl (C=O) groups excluding carboxylic acids is 4. The molecule has 0 saturated carbocycles. The van der Waals surface area contributed by atoms with Gasteiger partial charge in [0, 0.05) is 98.5 Å². The highest BCUT2D eigenvalue weighted by molar-refractivity contribution is 7.92. The van der Waals surface area contributed by atoms with E-state index in [1.165, 1.54) is 6.07 Å². The second-order valence-electron chi connectivity index (χ2n) is 17.3. The fourth-order valence-electron chi connectivity index (χ4n) is 9.37. The number of benzene rings is 1. The number of hydrogen-bond donors (Lipinski definition) is 2. The monoisotopic (exact) mass is 867 g/mol. The summed E-state index contributed by atoms with van der Waals surface area (Å²) in [6.45, 7) is 7.30. The molecule has 4 aliphatic heterocycles. The van der Waals surface area contributed by atoms with Gasteiger partial charge in [0.25, 0.3) is 0 Å². The Morgan fingerprint density at radius 3 is 2.29 bits per heavy atom. The smallest absolute Gasteiger partial charge is 0.234 e. The number of piperidine rings is 4. The van der Waals surface area contributed by atoms with Gasteiger partial charge in [-0.3, -0.25) is 38.9 Å². The van der Waals surface area contributed by atoms with Crippen LogP contribution in [0, 0.1) is 17.2 Å². The number of halogens is 1. The fourth-order valence-corrected chi connectivity index (χ4v) is 10.5. The van der Waals surface area contributed by atoms with E-state index in [1.807, 2.05) is 39.7 Å². The van der Waals surface area contributed by atoms with Crippen molar-refractivity contribution in [3.8, 4) is 22.4 Å². The maximum Gasteiger partial charge on any atom is 0.234 e. The topological polar surface area (TPSA) is 180 Å². The predicted molar refractivity (Wildman–Crippen MR) is 232 cm³/mol. The Hall–Kier alpha value is -5.71. The highest BCUT2D eigenvalue weighted by atomic mass is 32.2. The first-order valence-electron chi connectivity index (χ1n) is 21.7. The van der Waals surface area contributed by atoms with Crippen LogP contribution in [0.4, 0.5) is 15.9 Å². The Balaban J connectivity index is 0.851. The normalized spacial score (nSPS) is 20.2. The van der Waals surface area contributed by atoms with Gasteiger partial charge in [0.2, 0.25) is 33.7 Å². The van der Waals surface area contributed by atoms with E-state index in [9.17, 15) is 27.6 Å². The SMILES string of the molecule is CCCS(=O)(=O)Nc1cccc(-c2cn(C3CCN(C(=O)C4(C)CCN(C(=O)C5CCN(c6ccc([C@@H]7CCC(=O)NC7=O)cn6)CC5)CC4)CC3)nc2-c2ccncc2)c1F. The molecule has 4 fully saturated rings. The number of imide groups is 1. The van der Waals surface area contributed by atoms with Crippen LogP contribution >= 0.6 is 0 Å². The van der Waals surface area contributed by atoms with Gasteiger partial charge in [0.05, 0.1) is 23.4 Å². The quantitative estimate of drug-likeness (QED) is 0.182. The van der Waals surface area contributed by atoms with E-state index in [1.54, 1.807) is 49.8 Å². The van der Waals surface area contributed by atoms with Crippen LogP contribution in [0.25, 0.3) is 22.4 Å². The minimum atomic E-state index is -3.72. The summed E-state index contributed by atoms with van der Waals surface area (Å²) in [5, 5.41) is 7.35. The number of anilines is 2. The molecule has 4 aliphatic rings. The maximum atomic E-state index is 16.1. The van der Waals surface area contributed by atoms with Crippen LogP contribution in [-0.4, -0.2) is 107 Å². The third-order valence-corrected chi connectivity index (χ3v) is 14.6. The Morgan fingerprint density at radius 2 is 1.63 bits per heavy atom. The Kier molecular flexibility index (Phi) is 12.4. The van der Waals surface area contributed by atoms with Gasteiger partial charge in [-0.2, -0.15) is 5.10 Å². The molecular formula is C45H54FN9O6S. The number of aromatic nitrogens is 4. The number of hydrogen-bond acceptors (Lipinski definition) is 10. The summed E-state index contributed by atoms with van der Waals surface area (Å²) in [5.41, 5.74) is 2.14. The van der Waals surface area contributed by atoms with E-state index in [4.69, 9.17) is 5.10 Å². The molecule has 0 unspecified atom stereocenters. The molecule has 4 aromatic rings. The zero-order valence-corrected chi connectivity index (χ0v) is 36.1. The van der Waals surface area contributed by atoms with Crippen molar-refractivity contribution < 1.29 is 32.0 Å². The van der Waals surface area contributed by atoms with Crippen LogP contribution in [-0.2, 0) is 29.2 Å². The van der Waals surface area contributed by atoms with Crippen molar-refractivity contribution in [1.29, 1.82) is 0 Å². The first-order valence-corrected chi connectivity index (χ1v) is 23.4. The van der Waals surface area contributed by atoms with E-state index in [0.29, 0.717) is 108 Å². The number of nitrogens with zero attached hydrogens (tertiary/aromatic N) is 7. The van der Waals surface area contributed by atoms with Crippen LogP contribution in [0.3, 0.4) is 0 Å². The second-order valence-corrected chi connectivity index (χ2v) is 19.2. The molecule has 62 heavy (non-hydrogen) atoms. The molecular weight excluding hydrogens is 814 g/mol. The van der Waals surface area contributed by atoms with Crippen molar-refractivity contribution in [3.63, 3.8) is 0 Å². The number of sulfonamides is 1. The molecule has 0 aliphatic carbocycles. The second kappa shape index (κ2) is 17.9. The van der Waals surface area contributed by atoms with Crippen molar-refractivity contribution >= 4 is 45.2 Å². The van der Waals surface area contributed by atoms with E-state index in [-0.39, 0.29) is 58.5 Å². The fraction of sp³-hybridized carbons (Fsp3) is 0.489. The molecule has 0 radical (unpaired) electrons. The van der Waals surface area contributed by atoms with Gasteiger partial charge in [0.15, 0.2) is 5.82 Å². The summed E-state index contributed by atoms with van der Waals surface area (Å²) in [6, 6.07) is 12.0. The zero-order chi connectivity index (χ0) is 43.6. The van der Waals surface area contributed by atoms with Gasteiger partial charge in [-0.25, -0.2) is 17.8 Å². The molecule has 0 spiro atoms. The van der Waals surface area contributed by atoms with E-state index < -0.39 is 21.3 Å². The molecule has 1 atom stereocenters. The van der Waals surface area contributed by atoms with Crippen molar-refractivity contribution in [2.75, 3.05) is 54.6 Å². The van der Waals surface area contributed by atoms with Crippen molar-refractivity contribution in [3.05, 3.63) is 78.6 Å². The number of nitrogens with one attached hydrogen (secondary N) is 2. The standard InChI is InChI=1S/C45H54FN9O6S/c1-3-27-62(60,61)51-37-6-4-5-35(40(37)46)36-29-55(50-41(36)30-11-19-47-20-12-30)33-15-23-54(24-16-33)44(59)45(2)17-25-53(26-18-45)43(58)31-13-21-52(22-14-31)38-9-7-32(28-48-38)34-8-10-39(56)49-42(34)57/h4-7,9,11-12,19-20,28-29,31,33-34,51H,3,8,10,13-18,21-27H2,1-2H3,(H,49,56,57)/t34-/m0/s1. The summed E-state index contributed by atoms with van der Waals surface area (Å²) in [7, 11) is -3.72. The first-order chi connectivity index (χ1) is 29.8. The number of carbonyl (C=O) groups is 4. The third-order valence-electron chi connectivity index (χ3n) is 13.1. The van der Waals surface area contributed by atoms with Gasteiger partial charge in [-0.05, 0) is 81.2 Å². The third kappa shape index (κ3) is 9.08. The highest BCUT2D eigenvalue weighted by Crippen LogP contribution is 2.39. The Bertz CT molecular complexity index is 2400.